The van der Waals surface area contributed by atoms with Crippen molar-refractivity contribution in [1.29, 1.82) is 0 Å². The second-order valence-corrected chi connectivity index (χ2v) is 6.33. The van der Waals surface area contributed by atoms with Crippen LogP contribution in [0, 0.1) is 0 Å². The van der Waals surface area contributed by atoms with Crippen molar-refractivity contribution in [3.63, 3.8) is 0 Å². The Morgan fingerprint density at radius 2 is 1.84 bits per heavy atom. The maximum Gasteiger partial charge on any atom is 0.118 e. The lowest BCUT2D eigenvalue weighted by atomic mass is 10.1. The fraction of sp³-hybridized carbons (Fsp3) is 0.625. The van der Waals surface area contributed by atoms with Gasteiger partial charge in [0.05, 0.1) is 7.11 Å². The fourth-order valence-corrected chi connectivity index (χ4v) is 2.77. The highest BCUT2D eigenvalue weighted by molar-refractivity contribution is 7.99. The van der Waals surface area contributed by atoms with Crippen LogP contribution < -0.4 is 10.1 Å². The third-order valence-electron chi connectivity index (χ3n) is 3.17. The van der Waals surface area contributed by atoms with Crippen molar-refractivity contribution in [2.45, 2.75) is 45.7 Å². The third kappa shape index (κ3) is 6.88. The van der Waals surface area contributed by atoms with Crippen molar-refractivity contribution < 1.29 is 4.74 Å². The number of nitrogens with one attached hydrogen (secondary N) is 1. The van der Waals surface area contributed by atoms with Crippen molar-refractivity contribution in [3.8, 4) is 5.75 Å². The largest absolute Gasteiger partial charge is 0.497 e. The Bertz CT molecular complexity index is 339. The molecule has 2 atom stereocenters. The highest BCUT2D eigenvalue weighted by Crippen LogP contribution is 2.13. The topological polar surface area (TPSA) is 21.3 Å². The maximum absolute atomic E-state index is 5.17. The summed E-state index contributed by atoms with van der Waals surface area (Å²) in [7, 11) is 1.71. The molecule has 2 nitrogen and oxygen atoms in total. The van der Waals surface area contributed by atoms with Gasteiger partial charge < -0.3 is 10.1 Å². The number of benzene rings is 1. The molecule has 0 aliphatic rings. The standard InChI is InChI=1S/C16H27NOS/c1-5-19-12-14(3)17-13(2)6-7-15-8-10-16(18-4)11-9-15/h8-11,13-14,17H,5-7,12H2,1-4H3. The number of methoxy groups -OCH3 is 1. The van der Waals surface area contributed by atoms with Crippen LogP contribution in [0.3, 0.4) is 0 Å². The summed E-state index contributed by atoms with van der Waals surface area (Å²) < 4.78 is 5.17. The molecule has 0 heterocycles. The highest BCUT2D eigenvalue weighted by atomic mass is 32.2. The first kappa shape index (κ1) is 16.4. The molecule has 0 spiro atoms. The van der Waals surface area contributed by atoms with Crippen molar-refractivity contribution >= 4 is 11.8 Å². The summed E-state index contributed by atoms with van der Waals surface area (Å²) in [6.07, 6.45) is 2.29. The van der Waals surface area contributed by atoms with Gasteiger partial charge in [-0.1, -0.05) is 19.1 Å². The fourth-order valence-electron chi connectivity index (χ4n) is 2.09. The lowest BCUT2D eigenvalue weighted by Gasteiger charge is -2.19. The van der Waals surface area contributed by atoms with E-state index < -0.39 is 0 Å². The molecule has 0 aromatic heterocycles. The van der Waals surface area contributed by atoms with Gasteiger partial charge in [-0.3, -0.25) is 0 Å². The highest BCUT2D eigenvalue weighted by Gasteiger charge is 2.07. The zero-order valence-corrected chi connectivity index (χ0v) is 13.4. The molecule has 3 heteroatoms. The molecule has 1 N–H and O–H groups in total. The molecule has 0 bridgehead atoms. The third-order valence-corrected chi connectivity index (χ3v) is 4.31. The van der Waals surface area contributed by atoms with Crippen LogP contribution in [0.25, 0.3) is 0 Å². The molecule has 0 saturated carbocycles. The molecular formula is C16H27NOS. The molecule has 0 amide bonds. The molecule has 0 radical (unpaired) electrons. The van der Waals surface area contributed by atoms with E-state index in [1.807, 2.05) is 23.9 Å². The van der Waals surface area contributed by atoms with E-state index in [1.165, 1.54) is 23.5 Å². The summed E-state index contributed by atoms with van der Waals surface area (Å²) in [6, 6.07) is 9.54. The second kappa shape index (κ2) is 9.27. The van der Waals surface area contributed by atoms with E-state index in [2.05, 4.69) is 38.2 Å². The Morgan fingerprint density at radius 3 is 2.42 bits per heavy atom. The van der Waals surface area contributed by atoms with Crippen LogP contribution in [0.15, 0.2) is 24.3 Å². The van der Waals surface area contributed by atoms with Gasteiger partial charge in [-0.25, -0.2) is 0 Å². The van der Waals surface area contributed by atoms with E-state index in [1.54, 1.807) is 7.11 Å². The number of ether oxygens (including phenoxy) is 1. The number of hydrogen-bond acceptors (Lipinski definition) is 3. The summed E-state index contributed by atoms with van der Waals surface area (Å²) in [6.45, 7) is 6.76. The maximum atomic E-state index is 5.17. The molecule has 19 heavy (non-hydrogen) atoms. The molecule has 0 aliphatic carbocycles. The molecule has 108 valence electrons. The van der Waals surface area contributed by atoms with E-state index in [9.17, 15) is 0 Å². The van der Waals surface area contributed by atoms with E-state index in [-0.39, 0.29) is 0 Å². The Morgan fingerprint density at radius 1 is 1.16 bits per heavy atom. The molecule has 0 aliphatic heterocycles. The van der Waals surface area contributed by atoms with Crippen molar-refractivity contribution in [1.82, 2.24) is 5.32 Å². The van der Waals surface area contributed by atoms with Gasteiger partial charge in [-0.15, -0.1) is 0 Å². The van der Waals surface area contributed by atoms with E-state index >= 15 is 0 Å². The minimum atomic E-state index is 0.564. The minimum Gasteiger partial charge on any atom is -0.497 e. The SMILES string of the molecule is CCSCC(C)NC(C)CCc1ccc(OC)cc1. The van der Waals surface area contributed by atoms with E-state index in [0.29, 0.717) is 12.1 Å². The van der Waals surface area contributed by atoms with Crippen LogP contribution in [0.5, 0.6) is 5.75 Å². The summed E-state index contributed by atoms with van der Waals surface area (Å²) >= 11 is 2.00. The Labute approximate surface area is 122 Å². The van der Waals surface area contributed by atoms with Gasteiger partial charge in [0.1, 0.15) is 5.75 Å². The van der Waals surface area contributed by atoms with Gasteiger partial charge in [0.2, 0.25) is 0 Å². The smallest absolute Gasteiger partial charge is 0.118 e. The summed E-state index contributed by atoms with van der Waals surface area (Å²) in [5.74, 6) is 3.33. The van der Waals surface area contributed by atoms with Crippen molar-refractivity contribution in [3.05, 3.63) is 29.8 Å². The van der Waals surface area contributed by atoms with Gasteiger partial charge in [0.25, 0.3) is 0 Å². The van der Waals surface area contributed by atoms with E-state index in [4.69, 9.17) is 4.74 Å². The summed E-state index contributed by atoms with van der Waals surface area (Å²) in [5.41, 5.74) is 1.38. The van der Waals surface area contributed by atoms with Crippen LogP contribution >= 0.6 is 11.8 Å². The van der Waals surface area contributed by atoms with Gasteiger partial charge in [0, 0.05) is 17.8 Å². The Balaban J connectivity index is 2.26. The second-order valence-electron chi connectivity index (χ2n) is 5.01. The van der Waals surface area contributed by atoms with Crippen LogP contribution in [0.2, 0.25) is 0 Å². The van der Waals surface area contributed by atoms with Gasteiger partial charge in [-0.2, -0.15) is 11.8 Å². The van der Waals surface area contributed by atoms with Crippen molar-refractivity contribution in [2.75, 3.05) is 18.6 Å². The first-order chi connectivity index (χ1) is 9.15. The average molecular weight is 281 g/mol. The van der Waals surface area contributed by atoms with E-state index in [0.717, 1.165) is 12.2 Å². The zero-order chi connectivity index (χ0) is 14.1. The first-order valence-electron chi connectivity index (χ1n) is 7.12. The predicted molar refractivity (Wildman–Crippen MR) is 86.4 cm³/mol. The van der Waals surface area contributed by atoms with Crippen LogP contribution in [-0.4, -0.2) is 30.7 Å². The lowest BCUT2D eigenvalue weighted by Crippen LogP contribution is -2.36. The van der Waals surface area contributed by atoms with Gasteiger partial charge >= 0.3 is 0 Å². The Hall–Kier alpha value is -0.670. The molecule has 2 unspecified atom stereocenters. The number of hydrogen-bond donors (Lipinski definition) is 1. The van der Waals surface area contributed by atoms with Gasteiger partial charge in [-0.05, 0) is 50.1 Å². The van der Waals surface area contributed by atoms with Crippen LogP contribution in [0.1, 0.15) is 32.8 Å². The zero-order valence-electron chi connectivity index (χ0n) is 12.6. The average Bonchev–Trinajstić information content (AvgIpc) is 2.43. The van der Waals surface area contributed by atoms with Crippen LogP contribution in [-0.2, 0) is 6.42 Å². The molecule has 0 fully saturated rings. The predicted octanol–water partition coefficient (Wildman–Crippen LogP) is 3.75. The molecule has 0 saturated heterocycles. The monoisotopic (exact) mass is 281 g/mol. The first-order valence-corrected chi connectivity index (χ1v) is 8.27. The quantitative estimate of drug-likeness (QED) is 0.745. The minimum absolute atomic E-state index is 0.564. The summed E-state index contributed by atoms with van der Waals surface area (Å²) in [4.78, 5) is 0. The lowest BCUT2D eigenvalue weighted by molar-refractivity contribution is 0.414. The molecule has 1 aromatic rings. The Kier molecular flexibility index (Phi) is 7.99. The molecule has 1 aromatic carbocycles. The molecular weight excluding hydrogens is 254 g/mol. The van der Waals surface area contributed by atoms with Gasteiger partial charge in [0.15, 0.2) is 0 Å². The van der Waals surface area contributed by atoms with Crippen molar-refractivity contribution in [2.24, 2.45) is 0 Å². The molecule has 1 rings (SSSR count). The number of rotatable bonds is 9. The van der Waals surface area contributed by atoms with Crippen LogP contribution in [0.4, 0.5) is 0 Å². The number of thioether (sulfide) groups is 1. The summed E-state index contributed by atoms with van der Waals surface area (Å²) in [5, 5.41) is 3.66. The number of aryl methyl sites for hydroxylation is 1. The normalized spacial score (nSPS) is 14.1.